The monoisotopic (exact) mass is 282 g/mol. The van der Waals surface area contributed by atoms with Crippen LogP contribution in [0.2, 0.25) is 0 Å². The molecule has 1 aromatic rings. The van der Waals surface area contributed by atoms with Crippen LogP contribution >= 0.6 is 0 Å². The maximum atomic E-state index is 11.6. The van der Waals surface area contributed by atoms with E-state index < -0.39 is 16.8 Å². The number of carbonyl (C=O) groups is 2. The summed E-state index contributed by atoms with van der Waals surface area (Å²) in [4.78, 5) is 33.2. The maximum absolute atomic E-state index is 11.6. The van der Waals surface area contributed by atoms with E-state index in [-0.39, 0.29) is 31.0 Å². The van der Waals surface area contributed by atoms with Gasteiger partial charge in [0.15, 0.2) is 6.61 Å². The molecule has 0 bridgehead atoms. The van der Waals surface area contributed by atoms with Crippen molar-refractivity contribution in [2.45, 2.75) is 6.42 Å². The van der Waals surface area contributed by atoms with Gasteiger partial charge in [-0.2, -0.15) is 0 Å². The Balaban J connectivity index is 2.50. The number of rotatable bonds is 7. The van der Waals surface area contributed by atoms with Crippen LogP contribution in [0.15, 0.2) is 24.3 Å². The molecule has 0 spiro atoms. The number of carbonyl (C=O) groups excluding carboxylic acids is 1. The number of aliphatic carboxylic acids is 1. The average Bonchev–Trinajstić information content (AvgIpc) is 2.42. The Labute approximate surface area is 114 Å². The van der Waals surface area contributed by atoms with Crippen LogP contribution in [-0.2, 0) is 9.59 Å². The third-order valence-corrected chi connectivity index (χ3v) is 2.48. The number of likely N-dealkylation sites (N-methyl/N-ethyl adjacent to an activating group) is 1. The molecule has 1 amide bonds. The van der Waals surface area contributed by atoms with E-state index in [0.29, 0.717) is 0 Å². The molecule has 0 atom stereocenters. The molecule has 0 fully saturated rings. The van der Waals surface area contributed by atoms with Crippen molar-refractivity contribution in [3.8, 4) is 5.75 Å². The van der Waals surface area contributed by atoms with Crippen molar-refractivity contribution >= 4 is 17.6 Å². The zero-order valence-electron chi connectivity index (χ0n) is 10.8. The first kappa shape index (κ1) is 15.4. The molecule has 108 valence electrons. The van der Waals surface area contributed by atoms with E-state index in [1.165, 1.54) is 36.2 Å². The van der Waals surface area contributed by atoms with Gasteiger partial charge in [0.25, 0.3) is 11.6 Å². The van der Waals surface area contributed by atoms with Gasteiger partial charge in [-0.25, -0.2) is 0 Å². The molecule has 0 heterocycles. The summed E-state index contributed by atoms with van der Waals surface area (Å²) < 4.78 is 5.14. The standard InChI is InChI=1S/C12H14N2O6/c1-13(6-5-12(16)17)11(15)8-20-10-4-2-3-9(7-10)14(18)19/h2-4,7H,5-6,8H2,1H3,(H,16,17). The summed E-state index contributed by atoms with van der Waals surface area (Å²) in [6.07, 6.45) is -0.154. The third kappa shape index (κ3) is 4.92. The van der Waals surface area contributed by atoms with Crippen LogP contribution in [0, 0.1) is 10.1 Å². The number of nitrogens with zero attached hydrogens (tertiary/aromatic N) is 2. The van der Waals surface area contributed by atoms with Crippen molar-refractivity contribution in [3.05, 3.63) is 34.4 Å². The minimum Gasteiger partial charge on any atom is -0.484 e. The molecule has 0 aliphatic carbocycles. The van der Waals surface area contributed by atoms with Crippen LogP contribution in [0.3, 0.4) is 0 Å². The average molecular weight is 282 g/mol. The lowest BCUT2D eigenvalue weighted by Crippen LogP contribution is -2.33. The number of ether oxygens (including phenoxy) is 1. The zero-order chi connectivity index (χ0) is 15.1. The minimum atomic E-state index is -0.996. The Bertz CT molecular complexity index is 516. The fraction of sp³-hybridized carbons (Fsp3) is 0.333. The lowest BCUT2D eigenvalue weighted by Gasteiger charge is -2.16. The highest BCUT2D eigenvalue weighted by Crippen LogP contribution is 2.18. The lowest BCUT2D eigenvalue weighted by atomic mass is 10.3. The summed E-state index contributed by atoms with van der Waals surface area (Å²) in [5.74, 6) is -1.19. The van der Waals surface area contributed by atoms with Gasteiger partial charge in [-0.05, 0) is 6.07 Å². The van der Waals surface area contributed by atoms with Crippen molar-refractivity contribution < 1.29 is 24.4 Å². The van der Waals surface area contributed by atoms with Crippen molar-refractivity contribution in [3.63, 3.8) is 0 Å². The highest BCUT2D eigenvalue weighted by atomic mass is 16.6. The Morgan fingerprint density at radius 2 is 2.15 bits per heavy atom. The second-order valence-corrected chi connectivity index (χ2v) is 4.00. The fourth-order valence-corrected chi connectivity index (χ4v) is 1.33. The summed E-state index contributed by atoms with van der Waals surface area (Å²) in [7, 11) is 1.46. The van der Waals surface area contributed by atoms with Gasteiger partial charge in [0.2, 0.25) is 0 Å². The van der Waals surface area contributed by atoms with Gasteiger partial charge in [0, 0.05) is 19.7 Å². The largest absolute Gasteiger partial charge is 0.484 e. The maximum Gasteiger partial charge on any atom is 0.305 e. The van der Waals surface area contributed by atoms with Crippen molar-refractivity contribution in [2.24, 2.45) is 0 Å². The molecule has 1 rings (SSSR count). The molecule has 1 N–H and O–H groups in total. The molecule has 1 aromatic carbocycles. The topological polar surface area (TPSA) is 110 Å². The normalized spacial score (nSPS) is 9.85. The van der Waals surface area contributed by atoms with Crippen LogP contribution in [0.25, 0.3) is 0 Å². The van der Waals surface area contributed by atoms with Gasteiger partial charge in [-0.15, -0.1) is 0 Å². The van der Waals surface area contributed by atoms with Crippen molar-refractivity contribution in [1.82, 2.24) is 4.90 Å². The third-order valence-electron chi connectivity index (χ3n) is 2.48. The van der Waals surface area contributed by atoms with Gasteiger partial charge in [0.05, 0.1) is 17.4 Å². The molecule has 0 aromatic heterocycles. The molecule has 0 unspecified atom stereocenters. The summed E-state index contributed by atoms with van der Waals surface area (Å²) in [5, 5.41) is 19.1. The number of hydrogen-bond acceptors (Lipinski definition) is 5. The van der Waals surface area contributed by atoms with Gasteiger partial charge < -0.3 is 14.7 Å². The number of carboxylic acids is 1. The summed E-state index contributed by atoms with van der Waals surface area (Å²) in [6, 6.07) is 5.47. The van der Waals surface area contributed by atoms with Crippen molar-refractivity contribution in [2.75, 3.05) is 20.2 Å². The molecule has 20 heavy (non-hydrogen) atoms. The van der Waals surface area contributed by atoms with E-state index in [2.05, 4.69) is 0 Å². The smallest absolute Gasteiger partial charge is 0.305 e. The zero-order valence-corrected chi connectivity index (χ0v) is 10.8. The molecule has 0 aliphatic heterocycles. The SMILES string of the molecule is CN(CCC(=O)O)C(=O)COc1cccc([N+](=O)[O-])c1. The number of carboxylic acid groups (broad SMARTS) is 1. The summed E-state index contributed by atoms with van der Waals surface area (Å²) >= 11 is 0. The molecule has 0 radical (unpaired) electrons. The second-order valence-electron chi connectivity index (χ2n) is 4.00. The molecular formula is C12H14N2O6. The molecule has 8 nitrogen and oxygen atoms in total. The first-order valence-electron chi connectivity index (χ1n) is 5.73. The summed E-state index contributed by atoms with van der Waals surface area (Å²) in [5.41, 5.74) is -0.130. The second kappa shape index (κ2) is 7.07. The highest BCUT2D eigenvalue weighted by molar-refractivity contribution is 5.78. The van der Waals surface area contributed by atoms with E-state index in [0.717, 1.165) is 0 Å². The molecular weight excluding hydrogens is 268 g/mol. The Morgan fingerprint density at radius 3 is 2.75 bits per heavy atom. The quantitative estimate of drug-likeness (QED) is 0.587. The number of non-ortho nitro benzene ring substituents is 1. The Morgan fingerprint density at radius 1 is 1.45 bits per heavy atom. The van der Waals surface area contributed by atoms with Crippen LogP contribution in [0.5, 0.6) is 5.75 Å². The van der Waals surface area contributed by atoms with E-state index in [9.17, 15) is 19.7 Å². The molecule has 0 saturated carbocycles. The van der Waals surface area contributed by atoms with Gasteiger partial charge in [-0.1, -0.05) is 6.07 Å². The number of nitro groups is 1. The Hall–Kier alpha value is -2.64. The number of benzene rings is 1. The lowest BCUT2D eigenvalue weighted by molar-refractivity contribution is -0.384. The number of amides is 1. The van der Waals surface area contributed by atoms with Crippen LogP contribution < -0.4 is 4.74 Å². The van der Waals surface area contributed by atoms with Crippen LogP contribution in [0.4, 0.5) is 5.69 Å². The predicted octanol–water partition coefficient (Wildman–Crippen LogP) is 0.907. The van der Waals surface area contributed by atoms with E-state index in [1.54, 1.807) is 0 Å². The van der Waals surface area contributed by atoms with Gasteiger partial charge in [0.1, 0.15) is 5.75 Å². The van der Waals surface area contributed by atoms with Crippen LogP contribution in [-0.4, -0.2) is 47.0 Å². The van der Waals surface area contributed by atoms with E-state index in [1.807, 2.05) is 0 Å². The number of nitro benzene ring substituents is 1. The van der Waals surface area contributed by atoms with Gasteiger partial charge in [-0.3, -0.25) is 19.7 Å². The van der Waals surface area contributed by atoms with Crippen LogP contribution in [0.1, 0.15) is 6.42 Å². The number of hydrogen-bond donors (Lipinski definition) is 1. The predicted molar refractivity (Wildman–Crippen MR) is 68.5 cm³/mol. The summed E-state index contributed by atoms with van der Waals surface area (Å²) in [6.45, 7) is -0.232. The van der Waals surface area contributed by atoms with Gasteiger partial charge >= 0.3 is 5.97 Å². The van der Waals surface area contributed by atoms with E-state index in [4.69, 9.17) is 9.84 Å². The fourth-order valence-electron chi connectivity index (χ4n) is 1.33. The molecule has 0 saturated heterocycles. The van der Waals surface area contributed by atoms with Crippen molar-refractivity contribution in [1.29, 1.82) is 0 Å². The van der Waals surface area contributed by atoms with E-state index >= 15 is 0 Å². The molecule has 8 heteroatoms. The first-order chi connectivity index (χ1) is 9.40. The molecule has 0 aliphatic rings. The minimum absolute atomic E-state index is 0.0759. The first-order valence-corrected chi connectivity index (χ1v) is 5.73. The Kier molecular flexibility index (Phi) is 5.45. The highest BCUT2D eigenvalue weighted by Gasteiger charge is 2.12.